The van der Waals surface area contributed by atoms with Crippen LogP contribution < -0.4 is 0 Å². The molecular formula is C23H29FN4O. The highest BCUT2D eigenvalue weighted by Gasteiger charge is 2.40. The van der Waals surface area contributed by atoms with Gasteiger partial charge < -0.3 is 9.80 Å². The van der Waals surface area contributed by atoms with E-state index in [1.165, 1.54) is 6.07 Å². The summed E-state index contributed by atoms with van der Waals surface area (Å²) in [7, 11) is 0. The van der Waals surface area contributed by atoms with Crippen molar-refractivity contribution in [1.82, 2.24) is 19.8 Å². The van der Waals surface area contributed by atoms with Crippen molar-refractivity contribution < 1.29 is 9.18 Å². The summed E-state index contributed by atoms with van der Waals surface area (Å²) in [4.78, 5) is 25.7. The van der Waals surface area contributed by atoms with Gasteiger partial charge in [-0.2, -0.15) is 0 Å². The second-order valence-electron chi connectivity index (χ2n) is 8.62. The molecule has 4 rings (SSSR count). The second kappa shape index (κ2) is 8.57. The molecule has 0 radical (unpaired) electrons. The van der Waals surface area contributed by atoms with E-state index in [0.717, 1.165) is 68.8 Å². The average molecular weight is 397 g/mol. The van der Waals surface area contributed by atoms with Crippen LogP contribution in [-0.4, -0.2) is 51.9 Å². The van der Waals surface area contributed by atoms with Gasteiger partial charge >= 0.3 is 0 Å². The van der Waals surface area contributed by atoms with Crippen LogP contribution in [0.15, 0.2) is 36.7 Å². The summed E-state index contributed by atoms with van der Waals surface area (Å²) in [6, 6.07) is 6.89. The van der Waals surface area contributed by atoms with E-state index in [0.29, 0.717) is 13.0 Å². The zero-order valence-corrected chi connectivity index (χ0v) is 17.1. The van der Waals surface area contributed by atoms with Crippen LogP contribution in [-0.2, 0) is 17.8 Å². The van der Waals surface area contributed by atoms with Crippen LogP contribution in [0.1, 0.15) is 42.6 Å². The van der Waals surface area contributed by atoms with Crippen LogP contribution in [0, 0.1) is 18.2 Å². The molecule has 1 aromatic heterocycles. The van der Waals surface area contributed by atoms with Gasteiger partial charge in [-0.3, -0.25) is 14.8 Å². The fourth-order valence-electron chi connectivity index (χ4n) is 4.58. The predicted molar refractivity (Wildman–Crippen MR) is 110 cm³/mol. The van der Waals surface area contributed by atoms with E-state index in [1.54, 1.807) is 24.5 Å². The van der Waals surface area contributed by atoms with Crippen LogP contribution >= 0.6 is 0 Å². The molecule has 2 aliphatic rings. The minimum atomic E-state index is -0.162. The van der Waals surface area contributed by atoms with Gasteiger partial charge in [0.05, 0.1) is 24.1 Å². The summed E-state index contributed by atoms with van der Waals surface area (Å²) in [5.74, 6) is 0.0665. The number of hydrogen-bond donors (Lipinski definition) is 0. The van der Waals surface area contributed by atoms with Crippen LogP contribution in [0.25, 0.3) is 0 Å². The molecule has 1 aromatic carbocycles. The third kappa shape index (κ3) is 4.99. The van der Waals surface area contributed by atoms with Crippen LogP contribution in [0.3, 0.4) is 0 Å². The van der Waals surface area contributed by atoms with E-state index in [-0.39, 0.29) is 17.1 Å². The Morgan fingerprint density at radius 1 is 1.14 bits per heavy atom. The fraction of sp³-hybridized carbons (Fsp3) is 0.522. The molecule has 2 fully saturated rings. The molecule has 154 valence electrons. The average Bonchev–Trinajstić information content (AvgIpc) is 2.72. The van der Waals surface area contributed by atoms with Crippen molar-refractivity contribution in [1.29, 1.82) is 0 Å². The maximum atomic E-state index is 13.4. The number of benzene rings is 1. The number of rotatable bonds is 5. The number of aromatic nitrogens is 2. The first kappa shape index (κ1) is 20.0. The lowest BCUT2D eigenvalue weighted by molar-refractivity contribution is -0.140. The number of likely N-dealkylation sites (tertiary alicyclic amines) is 2. The third-order valence-electron chi connectivity index (χ3n) is 6.46. The monoisotopic (exact) mass is 396 g/mol. The van der Waals surface area contributed by atoms with Crippen molar-refractivity contribution in [3.8, 4) is 0 Å². The Labute approximate surface area is 172 Å². The first-order chi connectivity index (χ1) is 14.0. The molecule has 0 atom stereocenters. The number of nitrogens with zero attached hydrogens (tertiary/aromatic N) is 4. The topological polar surface area (TPSA) is 49.3 Å². The molecule has 0 N–H and O–H groups in total. The van der Waals surface area contributed by atoms with Crippen LogP contribution in [0.2, 0.25) is 0 Å². The Morgan fingerprint density at radius 3 is 2.69 bits per heavy atom. The SMILES string of the molecule is Cc1cnc(CN2CC3(CCC2=O)CCN(CCc2cccc(F)c2)CC3)cn1. The molecule has 0 saturated carbocycles. The molecule has 5 nitrogen and oxygen atoms in total. The van der Waals surface area contributed by atoms with Gasteiger partial charge in [0, 0.05) is 25.7 Å². The van der Waals surface area contributed by atoms with Crippen molar-refractivity contribution in [2.45, 2.75) is 45.6 Å². The first-order valence-corrected chi connectivity index (χ1v) is 10.5. The molecule has 0 aliphatic carbocycles. The van der Waals surface area contributed by atoms with Crippen molar-refractivity contribution >= 4 is 5.91 Å². The van der Waals surface area contributed by atoms with Crippen molar-refractivity contribution in [2.75, 3.05) is 26.2 Å². The Morgan fingerprint density at radius 2 is 1.97 bits per heavy atom. The lowest BCUT2D eigenvalue weighted by Crippen LogP contribution is -2.51. The highest BCUT2D eigenvalue weighted by atomic mass is 19.1. The molecule has 0 unspecified atom stereocenters. The molecule has 6 heteroatoms. The van der Waals surface area contributed by atoms with Gasteiger partial charge in [-0.1, -0.05) is 12.1 Å². The predicted octanol–water partition coefficient (Wildman–Crippen LogP) is 3.37. The van der Waals surface area contributed by atoms with Gasteiger partial charge in [0.1, 0.15) is 5.82 Å². The van der Waals surface area contributed by atoms with E-state index in [1.807, 2.05) is 17.9 Å². The molecule has 0 bridgehead atoms. The second-order valence-corrected chi connectivity index (χ2v) is 8.62. The number of hydrogen-bond acceptors (Lipinski definition) is 4. The van der Waals surface area contributed by atoms with Crippen molar-refractivity contribution in [3.05, 3.63) is 59.4 Å². The van der Waals surface area contributed by atoms with Crippen LogP contribution in [0.4, 0.5) is 4.39 Å². The number of carbonyl (C=O) groups is 1. The highest BCUT2D eigenvalue weighted by molar-refractivity contribution is 5.77. The normalized spacial score (nSPS) is 19.7. The Balaban J connectivity index is 1.31. The molecule has 2 saturated heterocycles. The standard InChI is InChI=1S/C23H29FN4O/c1-18-14-26-21(15-25-18)16-28-17-23(7-5-22(28)29)8-11-27(12-9-23)10-6-19-3-2-4-20(24)13-19/h2-4,13-15H,5-12,16-17H2,1H3. The van der Waals surface area contributed by atoms with Gasteiger partial charge in [0.15, 0.2) is 0 Å². The highest BCUT2D eigenvalue weighted by Crippen LogP contribution is 2.40. The molecule has 2 aromatic rings. The zero-order chi connectivity index (χ0) is 20.3. The molecule has 3 heterocycles. The number of aryl methyl sites for hydroxylation is 1. The fourth-order valence-corrected chi connectivity index (χ4v) is 4.58. The lowest BCUT2D eigenvalue weighted by Gasteiger charge is -2.47. The van der Waals surface area contributed by atoms with Gasteiger partial charge in [-0.25, -0.2) is 4.39 Å². The van der Waals surface area contributed by atoms with E-state index >= 15 is 0 Å². The van der Waals surface area contributed by atoms with Gasteiger partial charge in [-0.05, 0) is 68.8 Å². The Hall–Kier alpha value is -2.34. The largest absolute Gasteiger partial charge is 0.336 e. The van der Waals surface area contributed by atoms with Gasteiger partial charge in [-0.15, -0.1) is 0 Å². The van der Waals surface area contributed by atoms with E-state index < -0.39 is 0 Å². The number of halogens is 1. The molecule has 1 amide bonds. The van der Waals surface area contributed by atoms with Crippen LogP contribution in [0.5, 0.6) is 0 Å². The first-order valence-electron chi connectivity index (χ1n) is 10.5. The summed E-state index contributed by atoms with van der Waals surface area (Å²) in [5, 5.41) is 0. The summed E-state index contributed by atoms with van der Waals surface area (Å²) in [6.07, 6.45) is 8.25. The third-order valence-corrected chi connectivity index (χ3v) is 6.46. The number of carbonyl (C=O) groups excluding carboxylic acids is 1. The molecular weight excluding hydrogens is 367 g/mol. The van der Waals surface area contributed by atoms with Gasteiger partial charge in [0.2, 0.25) is 5.91 Å². The summed E-state index contributed by atoms with van der Waals surface area (Å²) < 4.78 is 13.4. The van der Waals surface area contributed by atoms with E-state index in [2.05, 4.69) is 14.9 Å². The summed E-state index contributed by atoms with van der Waals surface area (Å²) >= 11 is 0. The van der Waals surface area contributed by atoms with E-state index in [4.69, 9.17) is 0 Å². The van der Waals surface area contributed by atoms with E-state index in [9.17, 15) is 9.18 Å². The van der Waals surface area contributed by atoms with Gasteiger partial charge in [0.25, 0.3) is 0 Å². The maximum absolute atomic E-state index is 13.4. The maximum Gasteiger partial charge on any atom is 0.222 e. The lowest BCUT2D eigenvalue weighted by atomic mass is 9.72. The quantitative estimate of drug-likeness (QED) is 0.778. The number of piperidine rings is 2. The summed E-state index contributed by atoms with van der Waals surface area (Å²) in [5.41, 5.74) is 3.02. The molecule has 2 aliphatic heterocycles. The Bertz CT molecular complexity index is 846. The minimum absolute atomic E-state index is 0.162. The Kier molecular flexibility index (Phi) is 5.90. The van der Waals surface area contributed by atoms with Crippen molar-refractivity contribution in [2.24, 2.45) is 5.41 Å². The molecule has 29 heavy (non-hydrogen) atoms. The minimum Gasteiger partial charge on any atom is -0.336 e. The number of amides is 1. The van der Waals surface area contributed by atoms with Crippen molar-refractivity contribution in [3.63, 3.8) is 0 Å². The smallest absolute Gasteiger partial charge is 0.222 e. The summed E-state index contributed by atoms with van der Waals surface area (Å²) in [6.45, 7) is 6.33. The molecule has 1 spiro atoms. The zero-order valence-electron chi connectivity index (χ0n) is 17.1.